The van der Waals surface area contributed by atoms with Gasteiger partial charge in [-0.3, -0.25) is 9.79 Å². The number of alkyl carbamates (subject to hydrolysis) is 1. The second-order valence-electron chi connectivity index (χ2n) is 5.08. The number of hydrogen-bond acceptors (Lipinski definition) is 5. The predicted molar refractivity (Wildman–Crippen MR) is 75.7 cm³/mol. The summed E-state index contributed by atoms with van der Waals surface area (Å²) in [6.45, 7) is 7.82. The molecule has 0 rings (SSSR count). The molecule has 0 spiro atoms. The average molecular weight is 271 g/mol. The molecular formula is C13H25N3O3. The van der Waals surface area contributed by atoms with Crippen LogP contribution in [-0.4, -0.2) is 63.3 Å². The molecule has 0 heterocycles. The van der Waals surface area contributed by atoms with Gasteiger partial charge in [-0.1, -0.05) is 13.8 Å². The van der Waals surface area contributed by atoms with Crippen molar-refractivity contribution < 1.29 is 14.3 Å². The topological polar surface area (TPSA) is 71.0 Å². The summed E-state index contributed by atoms with van der Waals surface area (Å²) in [6, 6.07) is -0.706. The van der Waals surface area contributed by atoms with Gasteiger partial charge in [0.15, 0.2) is 5.78 Å². The maximum absolute atomic E-state index is 12.1. The summed E-state index contributed by atoms with van der Waals surface area (Å²) in [5.41, 5.74) is 0. The van der Waals surface area contributed by atoms with Gasteiger partial charge >= 0.3 is 6.09 Å². The van der Waals surface area contributed by atoms with E-state index < -0.39 is 12.1 Å². The largest absolute Gasteiger partial charge is 0.453 e. The van der Waals surface area contributed by atoms with Crippen LogP contribution in [0.3, 0.4) is 0 Å². The highest BCUT2D eigenvalue weighted by Gasteiger charge is 2.26. The molecule has 0 aromatic carbocycles. The number of likely N-dealkylation sites (N-methyl/N-ethyl adjacent to an activating group) is 1. The number of hydrogen-bond donors (Lipinski definition) is 1. The predicted octanol–water partition coefficient (Wildman–Crippen LogP) is 0.957. The van der Waals surface area contributed by atoms with Crippen molar-refractivity contribution in [2.45, 2.75) is 32.4 Å². The first-order chi connectivity index (χ1) is 8.81. The third-order valence-electron chi connectivity index (χ3n) is 2.73. The molecule has 0 aliphatic rings. The number of carbonyl (C=O) groups excluding carboxylic acids is 2. The van der Waals surface area contributed by atoms with E-state index in [2.05, 4.69) is 21.8 Å². The lowest BCUT2D eigenvalue weighted by molar-refractivity contribution is -0.124. The van der Waals surface area contributed by atoms with Gasteiger partial charge in [0.1, 0.15) is 0 Å². The van der Waals surface area contributed by atoms with E-state index in [9.17, 15) is 9.59 Å². The van der Waals surface area contributed by atoms with Crippen molar-refractivity contribution in [3.8, 4) is 0 Å². The summed E-state index contributed by atoms with van der Waals surface area (Å²) in [5.74, 6) is -0.190. The molecule has 6 heteroatoms. The van der Waals surface area contributed by atoms with Gasteiger partial charge < -0.3 is 15.0 Å². The van der Waals surface area contributed by atoms with Crippen LogP contribution in [0.5, 0.6) is 0 Å². The van der Waals surface area contributed by atoms with Crippen LogP contribution in [0.4, 0.5) is 4.79 Å². The Kier molecular flexibility index (Phi) is 7.98. The van der Waals surface area contributed by atoms with E-state index >= 15 is 0 Å². The minimum atomic E-state index is -0.605. The average Bonchev–Trinajstić information content (AvgIpc) is 2.34. The Balaban J connectivity index is 4.77. The molecule has 0 aromatic rings. The molecule has 110 valence electrons. The Labute approximate surface area is 115 Å². The normalized spacial score (nSPS) is 14.1. The second kappa shape index (κ2) is 8.63. The van der Waals surface area contributed by atoms with Crippen LogP contribution >= 0.6 is 0 Å². The highest BCUT2D eigenvalue weighted by atomic mass is 16.5. The third kappa shape index (κ3) is 6.91. The summed E-state index contributed by atoms with van der Waals surface area (Å²) in [4.78, 5) is 29.4. The van der Waals surface area contributed by atoms with E-state index in [1.165, 1.54) is 7.11 Å². The zero-order valence-corrected chi connectivity index (χ0v) is 12.5. The molecule has 0 saturated heterocycles. The highest BCUT2D eigenvalue weighted by molar-refractivity contribution is 5.88. The SMILES string of the molecule is C=NC(C[C@H](NC(=O)OC)C(=O)C(C)C)CN(C)C. The first-order valence-corrected chi connectivity index (χ1v) is 6.30. The van der Waals surface area contributed by atoms with Crippen molar-refractivity contribution in [1.29, 1.82) is 0 Å². The second-order valence-corrected chi connectivity index (χ2v) is 5.08. The smallest absolute Gasteiger partial charge is 0.407 e. The van der Waals surface area contributed by atoms with E-state index in [1.54, 1.807) is 13.8 Å². The van der Waals surface area contributed by atoms with E-state index in [0.717, 1.165) is 0 Å². The van der Waals surface area contributed by atoms with Crippen molar-refractivity contribution in [2.75, 3.05) is 27.7 Å². The maximum atomic E-state index is 12.1. The van der Waals surface area contributed by atoms with Crippen LogP contribution in [0.1, 0.15) is 20.3 Å². The summed E-state index contributed by atoms with van der Waals surface area (Å²) in [5, 5.41) is 2.57. The van der Waals surface area contributed by atoms with Crippen molar-refractivity contribution in [3.05, 3.63) is 0 Å². The van der Waals surface area contributed by atoms with E-state index in [0.29, 0.717) is 13.0 Å². The Hall–Kier alpha value is -1.43. The number of ketones is 1. The van der Waals surface area contributed by atoms with Crippen molar-refractivity contribution in [3.63, 3.8) is 0 Å². The summed E-state index contributed by atoms with van der Waals surface area (Å²) >= 11 is 0. The zero-order valence-electron chi connectivity index (χ0n) is 12.5. The molecule has 1 unspecified atom stereocenters. The number of amides is 1. The molecule has 0 radical (unpaired) electrons. The van der Waals surface area contributed by atoms with Crippen LogP contribution < -0.4 is 5.32 Å². The molecule has 1 amide bonds. The lowest BCUT2D eigenvalue weighted by Gasteiger charge is -2.24. The van der Waals surface area contributed by atoms with Crippen LogP contribution in [0, 0.1) is 5.92 Å². The first-order valence-electron chi connectivity index (χ1n) is 6.30. The maximum Gasteiger partial charge on any atom is 0.407 e. The van der Waals surface area contributed by atoms with Gasteiger partial charge in [-0.25, -0.2) is 4.79 Å². The fourth-order valence-electron chi connectivity index (χ4n) is 1.75. The number of rotatable bonds is 8. The van der Waals surface area contributed by atoms with Gasteiger partial charge in [0.2, 0.25) is 0 Å². The summed E-state index contributed by atoms with van der Waals surface area (Å²) in [6.07, 6.45) is -0.181. The van der Waals surface area contributed by atoms with E-state index in [1.807, 2.05) is 19.0 Å². The molecule has 0 bridgehead atoms. The van der Waals surface area contributed by atoms with Crippen molar-refractivity contribution in [2.24, 2.45) is 10.9 Å². The molecule has 0 aromatic heterocycles. The molecule has 6 nitrogen and oxygen atoms in total. The van der Waals surface area contributed by atoms with Gasteiger partial charge in [-0.05, 0) is 27.2 Å². The Morgan fingerprint density at radius 2 is 1.95 bits per heavy atom. The number of carbonyl (C=O) groups is 2. The van der Waals surface area contributed by atoms with E-state index in [4.69, 9.17) is 0 Å². The fourth-order valence-corrected chi connectivity index (χ4v) is 1.75. The fraction of sp³-hybridized carbons (Fsp3) is 0.769. The summed E-state index contributed by atoms with van der Waals surface area (Å²) in [7, 11) is 5.12. The molecule has 0 aliphatic heterocycles. The standard InChI is InChI=1S/C13H25N3O3/c1-9(2)12(17)11(15-13(18)19-6)7-10(14-3)8-16(4)5/h9-11H,3,7-8H2,1-2,4-6H3,(H,15,18)/t10?,11-/m0/s1. The highest BCUT2D eigenvalue weighted by Crippen LogP contribution is 2.10. The zero-order chi connectivity index (χ0) is 15.0. The molecule has 19 heavy (non-hydrogen) atoms. The van der Waals surface area contributed by atoms with Gasteiger partial charge in [0.25, 0.3) is 0 Å². The lowest BCUT2D eigenvalue weighted by atomic mass is 9.96. The molecule has 0 aliphatic carbocycles. The van der Waals surface area contributed by atoms with Crippen molar-refractivity contribution in [1.82, 2.24) is 10.2 Å². The number of methoxy groups -OCH3 is 1. The van der Waals surface area contributed by atoms with Crippen LogP contribution in [0.15, 0.2) is 4.99 Å². The molecule has 0 saturated carbocycles. The first kappa shape index (κ1) is 17.6. The number of aliphatic imine (C=N–C) groups is 1. The van der Waals surface area contributed by atoms with Gasteiger partial charge in [0.05, 0.1) is 19.2 Å². The van der Waals surface area contributed by atoms with Gasteiger partial charge in [0, 0.05) is 12.5 Å². The molecule has 1 N–H and O–H groups in total. The molecule has 2 atom stereocenters. The Morgan fingerprint density at radius 1 is 1.37 bits per heavy atom. The van der Waals surface area contributed by atoms with Crippen molar-refractivity contribution >= 4 is 18.6 Å². The Bertz CT molecular complexity index is 316. The minimum Gasteiger partial charge on any atom is -0.453 e. The minimum absolute atomic E-state index is 0.0298. The lowest BCUT2D eigenvalue weighted by Crippen LogP contribution is -2.45. The quantitative estimate of drug-likeness (QED) is 0.667. The van der Waals surface area contributed by atoms with Gasteiger partial charge in [-0.2, -0.15) is 0 Å². The van der Waals surface area contributed by atoms with Gasteiger partial charge in [-0.15, -0.1) is 0 Å². The summed E-state index contributed by atoms with van der Waals surface area (Å²) < 4.78 is 4.55. The van der Waals surface area contributed by atoms with Crippen LogP contribution in [0.25, 0.3) is 0 Å². The number of ether oxygens (including phenoxy) is 1. The number of nitrogens with zero attached hydrogens (tertiary/aromatic N) is 2. The monoisotopic (exact) mass is 271 g/mol. The van der Waals surface area contributed by atoms with Crippen LogP contribution in [-0.2, 0) is 9.53 Å². The third-order valence-corrected chi connectivity index (χ3v) is 2.73. The van der Waals surface area contributed by atoms with E-state index in [-0.39, 0.29) is 17.7 Å². The number of nitrogens with one attached hydrogen (secondary N) is 1. The number of Topliss-reactive ketones (excluding diaryl/α,β-unsaturated/α-hetero) is 1. The van der Waals surface area contributed by atoms with Crippen LogP contribution in [0.2, 0.25) is 0 Å². The molecular weight excluding hydrogens is 246 g/mol. The Morgan fingerprint density at radius 3 is 2.32 bits per heavy atom. The molecule has 0 fully saturated rings.